The molecule has 0 radical (unpaired) electrons. The summed E-state index contributed by atoms with van der Waals surface area (Å²) in [5.41, 5.74) is 0. The fourth-order valence-electron chi connectivity index (χ4n) is 0.758. The Bertz CT molecular complexity index is 271. The summed E-state index contributed by atoms with van der Waals surface area (Å²) in [6.07, 6.45) is 0.434. The van der Waals surface area contributed by atoms with Gasteiger partial charge in [0.2, 0.25) is 0 Å². The number of nitrogens with zero attached hydrogens (tertiary/aromatic N) is 1. The number of nitriles is 1. The Morgan fingerprint density at radius 1 is 1.73 bits per heavy atom. The predicted molar refractivity (Wildman–Crippen MR) is 43.3 cm³/mol. The van der Waals surface area contributed by atoms with Crippen molar-refractivity contribution < 1.29 is 4.79 Å². The number of thiophene rings is 1. The SMILES string of the molecule is N#CCC(=O)Cc1cccs1. The Morgan fingerprint density at radius 2 is 2.55 bits per heavy atom. The Kier molecular flexibility index (Phi) is 2.82. The molecule has 0 aliphatic carbocycles. The first-order valence-electron chi connectivity index (χ1n) is 3.24. The van der Waals surface area contributed by atoms with Crippen molar-refractivity contribution >= 4 is 17.1 Å². The lowest BCUT2D eigenvalue weighted by Gasteiger charge is -1.89. The summed E-state index contributed by atoms with van der Waals surface area (Å²) in [6.45, 7) is 0. The molecule has 0 spiro atoms. The monoisotopic (exact) mass is 165 g/mol. The van der Waals surface area contributed by atoms with Crippen molar-refractivity contribution in [2.24, 2.45) is 0 Å². The Morgan fingerprint density at radius 3 is 3.09 bits per heavy atom. The molecule has 1 heterocycles. The molecular formula is C8H7NOS. The highest BCUT2D eigenvalue weighted by Gasteiger charge is 2.02. The second kappa shape index (κ2) is 3.89. The lowest BCUT2D eigenvalue weighted by Crippen LogP contribution is -1.98. The quantitative estimate of drug-likeness (QED) is 0.684. The third-order valence-corrected chi connectivity index (χ3v) is 2.10. The molecule has 0 aromatic carbocycles. The van der Waals surface area contributed by atoms with Crippen LogP contribution in [-0.4, -0.2) is 5.78 Å². The molecule has 0 N–H and O–H groups in total. The van der Waals surface area contributed by atoms with Crippen LogP contribution in [0.4, 0.5) is 0 Å². The fraction of sp³-hybridized carbons (Fsp3) is 0.250. The van der Waals surface area contributed by atoms with E-state index in [-0.39, 0.29) is 12.2 Å². The number of rotatable bonds is 3. The molecular weight excluding hydrogens is 158 g/mol. The van der Waals surface area contributed by atoms with Crippen molar-refractivity contribution in [3.8, 4) is 6.07 Å². The van der Waals surface area contributed by atoms with Crippen LogP contribution in [0.3, 0.4) is 0 Å². The maximum atomic E-state index is 10.9. The van der Waals surface area contributed by atoms with Crippen LogP contribution in [0.2, 0.25) is 0 Å². The van der Waals surface area contributed by atoms with Gasteiger partial charge in [-0.25, -0.2) is 0 Å². The molecule has 0 amide bonds. The van der Waals surface area contributed by atoms with Gasteiger partial charge in [0.1, 0.15) is 0 Å². The molecule has 3 heteroatoms. The summed E-state index contributed by atoms with van der Waals surface area (Å²) in [5.74, 6) is -0.00468. The number of ketones is 1. The molecule has 11 heavy (non-hydrogen) atoms. The molecule has 56 valence electrons. The maximum Gasteiger partial charge on any atom is 0.152 e. The highest BCUT2D eigenvalue weighted by atomic mass is 32.1. The van der Waals surface area contributed by atoms with Crippen LogP contribution in [0.1, 0.15) is 11.3 Å². The molecule has 0 saturated carbocycles. The third-order valence-electron chi connectivity index (χ3n) is 1.23. The van der Waals surface area contributed by atoms with E-state index < -0.39 is 0 Å². The van der Waals surface area contributed by atoms with Gasteiger partial charge in [-0.2, -0.15) is 5.26 Å². The molecule has 0 unspecified atom stereocenters. The predicted octanol–water partition coefficient (Wildman–Crippen LogP) is 1.77. The van der Waals surface area contributed by atoms with Gasteiger partial charge >= 0.3 is 0 Å². The minimum Gasteiger partial charge on any atom is -0.298 e. The molecule has 2 nitrogen and oxygen atoms in total. The van der Waals surface area contributed by atoms with Crippen molar-refractivity contribution in [1.29, 1.82) is 5.26 Å². The van der Waals surface area contributed by atoms with Crippen LogP contribution in [0.5, 0.6) is 0 Å². The topological polar surface area (TPSA) is 40.9 Å². The van der Waals surface area contributed by atoms with Crippen LogP contribution in [0.25, 0.3) is 0 Å². The molecule has 1 rings (SSSR count). The summed E-state index contributed by atoms with van der Waals surface area (Å²) in [7, 11) is 0. The lowest BCUT2D eigenvalue weighted by molar-refractivity contribution is -0.117. The Balaban J connectivity index is 2.45. The highest BCUT2D eigenvalue weighted by molar-refractivity contribution is 7.10. The average molecular weight is 165 g/mol. The van der Waals surface area contributed by atoms with Gasteiger partial charge in [-0.15, -0.1) is 11.3 Å². The molecule has 0 atom stereocenters. The summed E-state index contributed by atoms with van der Waals surface area (Å²) >= 11 is 1.55. The van der Waals surface area contributed by atoms with Crippen LogP contribution < -0.4 is 0 Å². The van der Waals surface area contributed by atoms with Gasteiger partial charge in [0.15, 0.2) is 5.78 Å². The molecule has 0 saturated heterocycles. The lowest BCUT2D eigenvalue weighted by atomic mass is 10.2. The zero-order valence-electron chi connectivity index (χ0n) is 5.91. The normalized spacial score (nSPS) is 9.00. The Hall–Kier alpha value is -1.14. The van der Waals surface area contributed by atoms with E-state index in [2.05, 4.69) is 0 Å². The van der Waals surface area contributed by atoms with Crippen LogP contribution >= 0.6 is 11.3 Å². The van der Waals surface area contributed by atoms with Crippen molar-refractivity contribution in [3.05, 3.63) is 22.4 Å². The first-order valence-corrected chi connectivity index (χ1v) is 4.12. The summed E-state index contributed by atoms with van der Waals surface area (Å²) in [4.78, 5) is 11.9. The number of Topliss-reactive ketones (excluding diaryl/α,β-unsaturated/α-hetero) is 1. The van der Waals surface area contributed by atoms with E-state index >= 15 is 0 Å². The van der Waals surface area contributed by atoms with Crippen LogP contribution in [-0.2, 0) is 11.2 Å². The van der Waals surface area contributed by atoms with E-state index in [0.717, 1.165) is 4.88 Å². The van der Waals surface area contributed by atoms with E-state index in [4.69, 9.17) is 5.26 Å². The maximum absolute atomic E-state index is 10.9. The Labute approximate surface area is 69.1 Å². The largest absolute Gasteiger partial charge is 0.298 e. The van der Waals surface area contributed by atoms with Gasteiger partial charge in [-0.05, 0) is 11.4 Å². The van der Waals surface area contributed by atoms with Crippen LogP contribution in [0, 0.1) is 11.3 Å². The molecule has 0 bridgehead atoms. The van der Waals surface area contributed by atoms with Gasteiger partial charge in [-0.3, -0.25) is 4.79 Å². The van der Waals surface area contributed by atoms with Crippen molar-refractivity contribution in [2.45, 2.75) is 12.8 Å². The zero-order chi connectivity index (χ0) is 8.10. The number of hydrogen-bond donors (Lipinski definition) is 0. The van der Waals surface area contributed by atoms with Gasteiger partial charge < -0.3 is 0 Å². The van der Waals surface area contributed by atoms with E-state index in [1.165, 1.54) is 0 Å². The van der Waals surface area contributed by atoms with Crippen molar-refractivity contribution in [1.82, 2.24) is 0 Å². The summed E-state index contributed by atoms with van der Waals surface area (Å²) in [5, 5.41) is 10.1. The van der Waals surface area contributed by atoms with Gasteiger partial charge in [-0.1, -0.05) is 6.07 Å². The summed E-state index contributed by atoms with van der Waals surface area (Å²) in [6, 6.07) is 5.64. The van der Waals surface area contributed by atoms with Gasteiger partial charge in [0, 0.05) is 11.3 Å². The second-order valence-electron chi connectivity index (χ2n) is 2.13. The van der Waals surface area contributed by atoms with E-state index in [9.17, 15) is 4.79 Å². The number of carbonyl (C=O) groups excluding carboxylic acids is 1. The minimum absolute atomic E-state index is 0.00468. The standard InChI is InChI=1S/C8H7NOS/c9-4-3-7(10)6-8-2-1-5-11-8/h1-2,5H,3,6H2. The zero-order valence-corrected chi connectivity index (χ0v) is 6.73. The second-order valence-corrected chi connectivity index (χ2v) is 3.16. The van der Waals surface area contributed by atoms with Crippen molar-refractivity contribution in [3.63, 3.8) is 0 Å². The van der Waals surface area contributed by atoms with E-state index in [1.54, 1.807) is 11.3 Å². The average Bonchev–Trinajstić information content (AvgIpc) is 2.40. The smallest absolute Gasteiger partial charge is 0.152 e. The van der Waals surface area contributed by atoms with Crippen LogP contribution in [0.15, 0.2) is 17.5 Å². The highest BCUT2D eigenvalue weighted by Crippen LogP contribution is 2.09. The molecule has 0 fully saturated rings. The third kappa shape index (κ3) is 2.52. The van der Waals surface area contributed by atoms with E-state index in [1.807, 2.05) is 23.6 Å². The number of carbonyl (C=O) groups is 1. The summed E-state index contributed by atoms with van der Waals surface area (Å²) < 4.78 is 0. The number of hydrogen-bond acceptors (Lipinski definition) is 3. The minimum atomic E-state index is -0.00468. The van der Waals surface area contributed by atoms with Gasteiger partial charge in [0.25, 0.3) is 0 Å². The van der Waals surface area contributed by atoms with E-state index in [0.29, 0.717) is 6.42 Å². The first-order chi connectivity index (χ1) is 5.33. The molecule has 1 aromatic rings. The fourth-order valence-corrected chi connectivity index (χ4v) is 1.49. The van der Waals surface area contributed by atoms with Gasteiger partial charge in [0.05, 0.1) is 12.5 Å². The van der Waals surface area contributed by atoms with Crippen molar-refractivity contribution in [2.75, 3.05) is 0 Å². The molecule has 1 aromatic heterocycles. The molecule has 0 aliphatic rings. The molecule has 0 aliphatic heterocycles. The first kappa shape index (κ1) is 7.96.